The summed E-state index contributed by atoms with van der Waals surface area (Å²) in [6.07, 6.45) is 0. The number of hydrogen-bond donors (Lipinski definition) is 2. The van der Waals surface area contributed by atoms with Crippen LogP contribution < -0.4 is 15.0 Å². The first kappa shape index (κ1) is 24.4. The summed E-state index contributed by atoms with van der Waals surface area (Å²) >= 11 is 1.43. The predicted octanol–water partition coefficient (Wildman–Crippen LogP) is 5.34. The monoisotopic (exact) mass is 513 g/mol. The van der Waals surface area contributed by atoms with E-state index < -0.39 is 0 Å². The maximum absolute atomic E-state index is 13.1. The van der Waals surface area contributed by atoms with Crippen LogP contribution in [0.25, 0.3) is 11.1 Å². The number of benzene rings is 3. The van der Waals surface area contributed by atoms with E-state index in [1.54, 1.807) is 49.6 Å². The van der Waals surface area contributed by atoms with Gasteiger partial charge in [0.05, 0.1) is 12.0 Å². The molecule has 1 saturated heterocycles. The first-order valence-corrected chi connectivity index (χ1v) is 12.9. The number of aromatic hydroxyl groups is 1. The lowest BCUT2D eigenvalue weighted by molar-refractivity contribution is 0.0751. The topological polar surface area (TPSA) is 82.1 Å². The number of carbonyl (C=O) groups excluding carboxylic acids is 2. The van der Waals surface area contributed by atoms with Crippen molar-refractivity contribution in [2.24, 2.45) is 0 Å². The van der Waals surface area contributed by atoms with Crippen LogP contribution in [-0.4, -0.2) is 55.1 Å². The number of amides is 2. The zero-order chi connectivity index (χ0) is 25.8. The second kappa shape index (κ2) is 10.8. The van der Waals surface area contributed by atoms with E-state index in [0.717, 1.165) is 22.6 Å². The summed E-state index contributed by atoms with van der Waals surface area (Å²) in [6.45, 7) is 2.68. The Morgan fingerprint density at radius 3 is 2.30 bits per heavy atom. The molecule has 3 aromatic carbocycles. The Labute approximate surface area is 219 Å². The van der Waals surface area contributed by atoms with Gasteiger partial charge in [0.15, 0.2) is 0 Å². The average molecular weight is 514 g/mol. The fourth-order valence-electron chi connectivity index (χ4n) is 4.31. The summed E-state index contributed by atoms with van der Waals surface area (Å²) in [5, 5.41) is 14.6. The van der Waals surface area contributed by atoms with Gasteiger partial charge in [-0.3, -0.25) is 9.59 Å². The molecule has 1 fully saturated rings. The molecule has 0 unspecified atom stereocenters. The van der Waals surface area contributed by atoms with E-state index >= 15 is 0 Å². The summed E-state index contributed by atoms with van der Waals surface area (Å²) in [6, 6.07) is 23.7. The van der Waals surface area contributed by atoms with Gasteiger partial charge in [-0.1, -0.05) is 12.1 Å². The normalized spacial score (nSPS) is 13.3. The zero-order valence-corrected chi connectivity index (χ0v) is 21.2. The lowest BCUT2D eigenvalue weighted by Crippen LogP contribution is -2.48. The van der Waals surface area contributed by atoms with Gasteiger partial charge in [0.25, 0.3) is 11.8 Å². The number of nitrogens with one attached hydrogen (secondary N) is 1. The highest BCUT2D eigenvalue weighted by Crippen LogP contribution is 2.29. The number of nitrogens with zero attached hydrogens (tertiary/aromatic N) is 2. The van der Waals surface area contributed by atoms with Crippen molar-refractivity contribution >= 4 is 34.5 Å². The van der Waals surface area contributed by atoms with Gasteiger partial charge in [-0.2, -0.15) is 0 Å². The van der Waals surface area contributed by atoms with Crippen molar-refractivity contribution in [3.8, 4) is 22.6 Å². The van der Waals surface area contributed by atoms with Crippen LogP contribution in [0.4, 0.5) is 11.4 Å². The molecule has 0 aliphatic carbocycles. The summed E-state index contributed by atoms with van der Waals surface area (Å²) in [5.74, 6) is 0.797. The van der Waals surface area contributed by atoms with E-state index in [1.165, 1.54) is 11.3 Å². The molecule has 0 bridgehead atoms. The number of phenols is 1. The Kier molecular flexibility index (Phi) is 7.09. The lowest BCUT2D eigenvalue weighted by atomic mass is 10.1. The standard InChI is InChI=1S/C29H27N3O4S/c1-36-26-11-7-23(8-12-26)30-28(34)20-5-9-24(10-6-20)31-13-15-32(16-14-31)29(35)27-18-22(19-37-27)21-3-2-4-25(33)17-21/h2-12,17-19,33H,13-16H2,1H3,(H,30,34). The molecule has 2 N–H and O–H groups in total. The molecule has 0 radical (unpaired) electrons. The minimum atomic E-state index is -0.173. The molecule has 188 valence electrons. The molecule has 4 aromatic rings. The maximum Gasteiger partial charge on any atom is 0.264 e. The highest BCUT2D eigenvalue weighted by molar-refractivity contribution is 7.12. The summed E-state index contributed by atoms with van der Waals surface area (Å²) in [5.41, 5.74) is 4.12. The molecule has 1 aromatic heterocycles. The van der Waals surface area contributed by atoms with Crippen LogP contribution in [0.1, 0.15) is 20.0 Å². The Hall–Kier alpha value is -4.30. The van der Waals surface area contributed by atoms with Gasteiger partial charge in [0, 0.05) is 43.1 Å². The van der Waals surface area contributed by atoms with Gasteiger partial charge in [0.1, 0.15) is 11.5 Å². The number of hydrogen-bond acceptors (Lipinski definition) is 6. The molecule has 0 spiro atoms. The number of rotatable bonds is 6. The van der Waals surface area contributed by atoms with Crippen LogP contribution in [0.2, 0.25) is 0 Å². The third kappa shape index (κ3) is 5.59. The van der Waals surface area contributed by atoms with Crippen LogP contribution in [0.15, 0.2) is 84.2 Å². The van der Waals surface area contributed by atoms with E-state index in [-0.39, 0.29) is 17.6 Å². The molecule has 0 atom stereocenters. The smallest absolute Gasteiger partial charge is 0.264 e. The zero-order valence-electron chi connectivity index (χ0n) is 20.4. The van der Waals surface area contributed by atoms with E-state index in [0.29, 0.717) is 42.3 Å². The molecule has 1 aliphatic heterocycles. The number of phenolic OH excluding ortho intramolecular Hbond substituents is 1. The van der Waals surface area contributed by atoms with Crippen molar-refractivity contribution in [2.75, 3.05) is 43.5 Å². The Bertz CT molecular complexity index is 1390. The molecule has 37 heavy (non-hydrogen) atoms. The molecule has 1 aliphatic rings. The van der Waals surface area contributed by atoms with Crippen LogP contribution in [0.3, 0.4) is 0 Å². The first-order chi connectivity index (χ1) is 18.0. The molecular weight excluding hydrogens is 486 g/mol. The maximum atomic E-state index is 13.1. The van der Waals surface area contributed by atoms with Crippen LogP contribution >= 0.6 is 11.3 Å². The quantitative estimate of drug-likeness (QED) is 0.364. The van der Waals surface area contributed by atoms with Gasteiger partial charge in [-0.15, -0.1) is 11.3 Å². The number of thiophene rings is 1. The predicted molar refractivity (Wildman–Crippen MR) is 147 cm³/mol. The second-order valence-electron chi connectivity index (χ2n) is 8.76. The fourth-order valence-corrected chi connectivity index (χ4v) is 5.19. The summed E-state index contributed by atoms with van der Waals surface area (Å²) in [4.78, 5) is 30.5. The van der Waals surface area contributed by atoms with Crippen LogP contribution in [0.5, 0.6) is 11.5 Å². The highest BCUT2D eigenvalue weighted by atomic mass is 32.1. The fraction of sp³-hybridized carbons (Fsp3) is 0.172. The van der Waals surface area contributed by atoms with E-state index in [9.17, 15) is 14.7 Å². The van der Waals surface area contributed by atoms with Gasteiger partial charge in [0.2, 0.25) is 0 Å². The number of methoxy groups -OCH3 is 1. The van der Waals surface area contributed by atoms with Gasteiger partial charge in [-0.05, 0) is 83.2 Å². The first-order valence-electron chi connectivity index (χ1n) is 12.0. The summed E-state index contributed by atoms with van der Waals surface area (Å²) in [7, 11) is 1.60. The van der Waals surface area contributed by atoms with Crippen molar-refractivity contribution in [2.45, 2.75) is 0 Å². The van der Waals surface area contributed by atoms with E-state index in [2.05, 4.69) is 10.2 Å². The van der Waals surface area contributed by atoms with Gasteiger partial charge >= 0.3 is 0 Å². The van der Waals surface area contributed by atoms with Gasteiger partial charge < -0.3 is 25.0 Å². The second-order valence-corrected chi connectivity index (χ2v) is 9.67. The van der Waals surface area contributed by atoms with Crippen LogP contribution in [0, 0.1) is 0 Å². The molecule has 5 rings (SSSR count). The van der Waals surface area contributed by atoms with E-state index in [4.69, 9.17) is 4.74 Å². The van der Waals surface area contributed by atoms with Crippen molar-refractivity contribution in [3.05, 3.63) is 94.7 Å². The van der Waals surface area contributed by atoms with Gasteiger partial charge in [-0.25, -0.2) is 0 Å². The largest absolute Gasteiger partial charge is 0.508 e. The number of ether oxygens (including phenoxy) is 1. The highest BCUT2D eigenvalue weighted by Gasteiger charge is 2.24. The summed E-state index contributed by atoms with van der Waals surface area (Å²) < 4.78 is 5.15. The molecular formula is C29H27N3O4S. The van der Waals surface area contributed by atoms with Crippen molar-refractivity contribution in [3.63, 3.8) is 0 Å². The molecule has 7 nitrogen and oxygen atoms in total. The number of piperazine rings is 1. The molecule has 0 saturated carbocycles. The average Bonchev–Trinajstić information content (AvgIpc) is 3.44. The molecule has 8 heteroatoms. The molecule has 2 amide bonds. The third-order valence-electron chi connectivity index (χ3n) is 6.40. The van der Waals surface area contributed by atoms with Crippen molar-refractivity contribution < 1.29 is 19.4 Å². The van der Waals surface area contributed by atoms with Crippen molar-refractivity contribution in [1.82, 2.24) is 4.90 Å². The minimum absolute atomic E-state index is 0.0293. The molecule has 2 heterocycles. The SMILES string of the molecule is COc1ccc(NC(=O)c2ccc(N3CCN(C(=O)c4cc(-c5cccc(O)c5)cs4)CC3)cc2)cc1. The Morgan fingerprint density at radius 1 is 0.892 bits per heavy atom. The number of anilines is 2. The lowest BCUT2D eigenvalue weighted by Gasteiger charge is -2.36. The van der Waals surface area contributed by atoms with E-state index in [1.807, 2.05) is 46.7 Å². The minimum Gasteiger partial charge on any atom is -0.508 e. The number of carbonyl (C=O) groups is 2. The Balaban J connectivity index is 1.16. The van der Waals surface area contributed by atoms with Crippen molar-refractivity contribution in [1.29, 1.82) is 0 Å². The Morgan fingerprint density at radius 2 is 1.62 bits per heavy atom. The third-order valence-corrected chi connectivity index (χ3v) is 7.32. The van der Waals surface area contributed by atoms with Crippen LogP contribution in [-0.2, 0) is 0 Å².